The number of para-hydroxylation sites is 2. The number of ether oxygens (including phenoxy) is 2. The van der Waals surface area contributed by atoms with E-state index in [0.717, 1.165) is 0 Å². The molecule has 2 amide bonds. The molecule has 0 unspecified atom stereocenters. The summed E-state index contributed by atoms with van der Waals surface area (Å²) in [6, 6.07) is 10.5. The van der Waals surface area contributed by atoms with Crippen molar-refractivity contribution in [3.63, 3.8) is 0 Å². The van der Waals surface area contributed by atoms with Gasteiger partial charge in [-0.25, -0.2) is 0 Å². The predicted octanol–water partition coefficient (Wildman–Crippen LogP) is 1.41. The van der Waals surface area contributed by atoms with Crippen LogP contribution in [0.1, 0.15) is 17.3 Å². The van der Waals surface area contributed by atoms with E-state index in [0.29, 0.717) is 36.8 Å². The molecular weight excluding hydrogens is 322 g/mol. The van der Waals surface area contributed by atoms with E-state index in [1.54, 1.807) is 30.5 Å². The Morgan fingerprint density at radius 1 is 1.00 bits per heavy atom. The first-order valence-corrected chi connectivity index (χ1v) is 8.00. The number of carbonyl (C=O) groups excluding carboxylic acids is 2. The lowest BCUT2D eigenvalue weighted by molar-refractivity contribution is -0.123. The fourth-order valence-corrected chi connectivity index (χ4v) is 2.02. The van der Waals surface area contributed by atoms with Crippen molar-refractivity contribution in [3.8, 4) is 11.5 Å². The molecule has 0 bridgehead atoms. The van der Waals surface area contributed by atoms with Crippen LogP contribution in [0, 0.1) is 0 Å². The van der Waals surface area contributed by atoms with Gasteiger partial charge in [0.05, 0.1) is 12.2 Å². The fourth-order valence-electron chi connectivity index (χ4n) is 2.02. The second-order valence-corrected chi connectivity index (χ2v) is 5.02. The van der Waals surface area contributed by atoms with Crippen LogP contribution in [0.4, 0.5) is 0 Å². The van der Waals surface area contributed by atoms with E-state index in [1.165, 1.54) is 6.20 Å². The molecular formula is C18H21N3O4. The third-order valence-electron chi connectivity index (χ3n) is 3.16. The third kappa shape index (κ3) is 6.14. The van der Waals surface area contributed by atoms with Gasteiger partial charge in [-0.3, -0.25) is 14.6 Å². The van der Waals surface area contributed by atoms with Gasteiger partial charge in [0.15, 0.2) is 18.1 Å². The minimum absolute atomic E-state index is 0.124. The summed E-state index contributed by atoms with van der Waals surface area (Å²) in [6.07, 6.45) is 3.08. The van der Waals surface area contributed by atoms with Gasteiger partial charge in [0.25, 0.3) is 11.8 Å². The predicted molar refractivity (Wildman–Crippen MR) is 92.7 cm³/mol. The molecule has 1 heterocycles. The molecule has 0 saturated heterocycles. The molecule has 2 N–H and O–H groups in total. The van der Waals surface area contributed by atoms with Crippen molar-refractivity contribution in [1.82, 2.24) is 15.6 Å². The summed E-state index contributed by atoms with van der Waals surface area (Å²) in [6.45, 7) is 2.89. The molecule has 0 spiro atoms. The quantitative estimate of drug-likeness (QED) is 0.672. The zero-order valence-electron chi connectivity index (χ0n) is 14.0. The van der Waals surface area contributed by atoms with Gasteiger partial charge in [-0.1, -0.05) is 12.1 Å². The highest BCUT2D eigenvalue weighted by atomic mass is 16.5. The van der Waals surface area contributed by atoms with Crippen LogP contribution < -0.4 is 20.1 Å². The number of hydrogen-bond acceptors (Lipinski definition) is 5. The van der Waals surface area contributed by atoms with E-state index in [1.807, 2.05) is 19.1 Å². The maximum Gasteiger partial charge on any atom is 0.258 e. The normalized spacial score (nSPS) is 9.96. The molecule has 25 heavy (non-hydrogen) atoms. The smallest absolute Gasteiger partial charge is 0.258 e. The Labute approximate surface area is 146 Å². The summed E-state index contributed by atoms with van der Waals surface area (Å²) < 4.78 is 10.9. The lowest BCUT2D eigenvalue weighted by Crippen LogP contribution is -2.36. The molecule has 0 radical (unpaired) electrons. The van der Waals surface area contributed by atoms with Crippen molar-refractivity contribution in [2.45, 2.75) is 6.92 Å². The first-order valence-electron chi connectivity index (χ1n) is 8.00. The summed E-state index contributed by atoms with van der Waals surface area (Å²) in [4.78, 5) is 27.5. The fraction of sp³-hybridized carbons (Fsp3) is 0.278. The minimum Gasteiger partial charge on any atom is -0.490 e. The number of hydrogen-bond donors (Lipinski definition) is 2. The van der Waals surface area contributed by atoms with Gasteiger partial charge < -0.3 is 20.1 Å². The summed E-state index contributed by atoms with van der Waals surface area (Å²) >= 11 is 0. The molecule has 2 rings (SSSR count). The number of amides is 2. The van der Waals surface area contributed by atoms with Crippen LogP contribution in [-0.4, -0.2) is 43.1 Å². The van der Waals surface area contributed by atoms with Crippen molar-refractivity contribution < 1.29 is 19.1 Å². The number of carbonyl (C=O) groups is 2. The Hall–Kier alpha value is -3.09. The number of nitrogens with zero attached hydrogens (tertiary/aromatic N) is 1. The standard InChI is InChI=1S/C18H21N3O4/c1-2-24-15-7-3-4-8-16(15)25-13-17(22)20-10-11-21-18(23)14-6-5-9-19-12-14/h3-9,12H,2,10-11,13H2,1H3,(H,20,22)(H,21,23). The van der Waals surface area contributed by atoms with E-state index in [4.69, 9.17) is 9.47 Å². The second kappa shape index (κ2) is 9.92. The first kappa shape index (κ1) is 18.3. The van der Waals surface area contributed by atoms with Crippen molar-refractivity contribution >= 4 is 11.8 Å². The van der Waals surface area contributed by atoms with Gasteiger partial charge in [-0.2, -0.15) is 0 Å². The zero-order chi connectivity index (χ0) is 17.9. The van der Waals surface area contributed by atoms with Crippen molar-refractivity contribution in [2.75, 3.05) is 26.3 Å². The Morgan fingerprint density at radius 3 is 2.40 bits per heavy atom. The van der Waals surface area contributed by atoms with Crippen LogP contribution >= 0.6 is 0 Å². The number of rotatable bonds is 9. The Balaban J connectivity index is 1.67. The maximum absolute atomic E-state index is 11.8. The monoisotopic (exact) mass is 343 g/mol. The molecule has 1 aromatic heterocycles. The Kier molecular flexibility index (Phi) is 7.24. The number of aromatic nitrogens is 1. The summed E-state index contributed by atoms with van der Waals surface area (Å²) in [5.41, 5.74) is 0.477. The van der Waals surface area contributed by atoms with E-state index in [2.05, 4.69) is 15.6 Å². The maximum atomic E-state index is 11.8. The highest BCUT2D eigenvalue weighted by Crippen LogP contribution is 2.26. The number of nitrogens with one attached hydrogen (secondary N) is 2. The van der Waals surface area contributed by atoms with E-state index < -0.39 is 0 Å². The van der Waals surface area contributed by atoms with E-state index in [9.17, 15) is 9.59 Å². The topological polar surface area (TPSA) is 89.5 Å². The highest BCUT2D eigenvalue weighted by molar-refractivity contribution is 5.93. The average molecular weight is 343 g/mol. The van der Waals surface area contributed by atoms with Gasteiger partial charge in [0.1, 0.15) is 0 Å². The molecule has 2 aromatic rings. The van der Waals surface area contributed by atoms with Crippen LogP contribution in [0.2, 0.25) is 0 Å². The lowest BCUT2D eigenvalue weighted by atomic mass is 10.3. The van der Waals surface area contributed by atoms with Gasteiger partial charge in [0, 0.05) is 25.5 Å². The molecule has 1 aromatic carbocycles. The number of pyridine rings is 1. The minimum atomic E-state index is -0.276. The first-order chi connectivity index (χ1) is 12.2. The summed E-state index contributed by atoms with van der Waals surface area (Å²) in [7, 11) is 0. The van der Waals surface area contributed by atoms with Gasteiger partial charge in [-0.05, 0) is 31.2 Å². The van der Waals surface area contributed by atoms with Crippen LogP contribution in [0.5, 0.6) is 11.5 Å². The van der Waals surface area contributed by atoms with Crippen molar-refractivity contribution in [3.05, 3.63) is 54.4 Å². The largest absolute Gasteiger partial charge is 0.490 e. The van der Waals surface area contributed by atoms with Crippen molar-refractivity contribution in [1.29, 1.82) is 0 Å². The second-order valence-electron chi connectivity index (χ2n) is 5.02. The Morgan fingerprint density at radius 2 is 1.72 bits per heavy atom. The van der Waals surface area contributed by atoms with E-state index in [-0.39, 0.29) is 18.4 Å². The highest BCUT2D eigenvalue weighted by Gasteiger charge is 2.08. The van der Waals surface area contributed by atoms with Crippen LogP contribution in [-0.2, 0) is 4.79 Å². The Bertz CT molecular complexity index is 692. The van der Waals surface area contributed by atoms with Gasteiger partial charge in [-0.15, -0.1) is 0 Å². The van der Waals surface area contributed by atoms with E-state index >= 15 is 0 Å². The molecule has 132 valence electrons. The van der Waals surface area contributed by atoms with Crippen LogP contribution in [0.25, 0.3) is 0 Å². The number of benzene rings is 1. The molecule has 0 saturated carbocycles. The molecule has 0 fully saturated rings. The third-order valence-corrected chi connectivity index (χ3v) is 3.16. The zero-order valence-corrected chi connectivity index (χ0v) is 14.0. The molecule has 0 atom stereocenters. The SMILES string of the molecule is CCOc1ccccc1OCC(=O)NCCNC(=O)c1cccnc1. The summed E-state index contributed by atoms with van der Waals surface area (Å²) in [5, 5.41) is 5.38. The molecule has 0 aliphatic carbocycles. The molecule has 0 aliphatic rings. The van der Waals surface area contributed by atoms with Gasteiger partial charge >= 0.3 is 0 Å². The average Bonchev–Trinajstić information content (AvgIpc) is 2.65. The molecule has 7 nitrogen and oxygen atoms in total. The summed E-state index contributed by atoms with van der Waals surface area (Å²) in [5.74, 6) is 0.608. The van der Waals surface area contributed by atoms with Crippen LogP contribution in [0.3, 0.4) is 0 Å². The van der Waals surface area contributed by atoms with Crippen molar-refractivity contribution in [2.24, 2.45) is 0 Å². The van der Waals surface area contributed by atoms with Gasteiger partial charge in [0.2, 0.25) is 0 Å². The molecule has 7 heteroatoms. The van der Waals surface area contributed by atoms with Crippen LogP contribution in [0.15, 0.2) is 48.8 Å². The molecule has 0 aliphatic heterocycles. The lowest BCUT2D eigenvalue weighted by Gasteiger charge is -2.11.